The number of nitrogens with one attached hydrogen (secondary N) is 2. The molecule has 1 aromatic heterocycles. The summed E-state index contributed by atoms with van der Waals surface area (Å²) in [5.41, 5.74) is 4.18. The van der Waals surface area contributed by atoms with Gasteiger partial charge in [-0.05, 0) is 29.3 Å². The molecule has 0 amide bonds. The number of carbonyl (C=O) groups excluding carboxylic acids is 1. The minimum absolute atomic E-state index is 0.214. The molecule has 6 heteroatoms. The van der Waals surface area contributed by atoms with Crippen molar-refractivity contribution in [1.82, 2.24) is 10.3 Å². The molecule has 6 nitrogen and oxygen atoms in total. The monoisotopic (exact) mass is 366 g/mol. The average Bonchev–Trinajstić information content (AvgIpc) is 3.10. The van der Waals surface area contributed by atoms with Crippen LogP contribution in [0.25, 0.3) is 10.9 Å². The molecule has 0 radical (unpaired) electrons. The average molecular weight is 366 g/mol. The third-order valence-electron chi connectivity index (χ3n) is 5.10. The van der Waals surface area contributed by atoms with Crippen LogP contribution in [0.4, 0.5) is 0 Å². The van der Waals surface area contributed by atoms with Crippen LogP contribution >= 0.6 is 0 Å². The normalized spacial score (nSPS) is 18.8. The molecule has 3 aromatic rings. The highest BCUT2D eigenvalue weighted by Crippen LogP contribution is 2.37. The van der Waals surface area contributed by atoms with Gasteiger partial charge in [-0.3, -0.25) is 10.1 Å². The van der Waals surface area contributed by atoms with Crippen molar-refractivity contribution in [3.63, 3.8) is 0 Å². The lowest BCUT2D eigenvalue weighted by molar-refractivity contribution is -0.143. The Kier molecular flexibility index (Phi) is 4.49. The predicted octanol–water partition coefficient (Wildman–Crippen LogP) is 2.96. The Balaban J connectivity index is 1.88. The molecule has 0 saturated carbocycles. The number of rotatable bonds is 4. The first-order chi connectivity index (χ1) is 13.1. The van der Waals surface area contributed by atoms with Crippen molar-refractivity contribution in [3.8, 4) is 11.5 Å². The third kappa shape index (κ3) is 3.02. The maximum atomic E-state index is 12.3. The number of methoxy groups -OCH3 is 3. The van der Waals surface area contributed by atoms with E-state index in [0.29, 0.717) is 17.9 Å². The lowest BCUT2D eigenvalue weighted by atomic mass is 9.90. The van der Waals surface area contributed by atoms with Gasteiger partial charge in [-0.15, -0.1) is 0 Å². The zero-order valence-corrected chi connectivity index (χ0v) is 15.5. The SMILES string of the molecule is COC(=O)[C@H]1Cc2c([nH]c3ccccc23)[C@@H](c2cc(OC)cc(OC)c2)N1. The van der Waals surface area contributed by atoms with Crippen molar-refractivity contribution in [1.29, 1.82) is 0 Å². The lowest BCUT2D eigenvalue weighted by Gasteiger charge is -2.30. The molecule has 0 bridgehead atoms. The Morgan fingerprint density at radius 2 is 1.74 bits per heavy atom. The van der Waals surface area contributed by atoms with Crippen LogP contribution in [0.15, 0.2) is 42.5 Å². The predicted molar refractivity (Wildman–Crippen MR) is 102 cm³/mol. The number of H-pyrrole nitrogens is 1. The molecule has 1 aliphatic heterocycles. The highest BCUT2D eigenvalue weighted by atomic mass is 16.5. The molecule has 2 aromatic carbocycles. The van der Waals surface area contributed by atoms with Gasteiger partial charge in [-0.2, -0.15) is 0 Å². The van der Waals surface area contributed by atoms with Crippen molar-refractivity contribution in [2.75, 3.05) is 21.3 Å². The van der Waals surface area contributed by atoms with Crippen LogP contribution in [-0.2, 0) is 16.0 Å². The number of aromatic nitrogens is 1. The summed E-state index contributed by atoms with van der Waals surface area (Å²) >= 11 is 0. The molecule has 0 fully saturated rings. The first kappa shape index (κ1) is 17.4. The fourth-order valence-corrected chi connectivity index (χ4v) is 3.79. The minimum atomic E-state index is -0.427. The van der Waals surface area contributed by atoms with E-state index < -0.39 is 6.04 Å². The molecule has 140 valence electrons. The van der Waals surface area contributed by atoms with E-state index in [1.165, 1.54) is 7.11 Å². The zero-order valence-electron chi connectivity index (χ0n) is 15.5. The number of ether oxygens (including phenoxy) is 3. The van der Waals surface area contributed by atoms with E-state index in [9.17, 15) is 4.79 Å². The van der Waals surface area contributed by atoms with E-state index in [2.05, 4.69) is 16.4 Å². The number of hydrogen-bond acceptors (Lipinski definition) is 5. The molecule has 2 N–H and O–H groups in total. The van der Waals surface area contributed by atoms with Gasteiger partial charge in [0, 0.05) is 29.1 Å². The molecule has 0 spiro atoms. The highest BCUT2D eigenvalue weighted by molar-refractivity contribution is 5.87. The molecule has 1 aliphatic rings. The fraction of sp³-hybridized carbons (Fsp3) is 0.286. The summed E-state index contributed by atoms with van der Waals surface area (Å²) in [4.78, 5) is 15.8. The highest BCUT2D eigenvalue weighted by Gasteiger charge is 2.34. The molecule has 0 unspecified atom stereocenters. The third-order valence-corrected chi connectivity index (χ3v) is 5.10. The number of aromatic amines is 1. The number of benzene rings is 2. The summed E-state index contributed by atoms with van der Waals surface area (Å²) in [7, 11) is 4.66. The van der Waals surface area contributed by atoms with Gasteiger partial charge in [0.1, 0.15) is 17.5 Å². The lowest BCUT2D eigenvalue weighted by Crippen LogP contribution is -2.45. The van der Waals surface area contributed by atoms with Crippen LogP contribution in [0.5, 0.6) is 11.5 Å². The van der Waals surface area contributed by atoms with Gasteiger partial charge in [0.15, 0.2) is 0 Å². The molecule has 4 rings (SSSR count). The topological polar surface area (TPSA) is 72.6 Å². The first-order valence-electron chi connectivity index (χ1n) is 8.81. The largest absolute Gasteiger partial charge is 0.497 e. The maximum absolute atomic E-state index is 12.3. The van der Waals surface area contributed by atoms with Crippen molar-refractivity contribution in [3.05, 3.63) is 59.3 Å². The first-order valence-corrected chi connectivity index (χ1v) is 8.81. The Bertz CT molecular complexity index is 973. The second kappa shape index (κ2) is 6.96. The van der Waals surface area contributed by atoms with Gasteiger partial charge < -0.3 is 19.2 Å². The Labute approximate surface area is 157 Å². The number of carbonyl (C=O) groups is 1. The van der Waals surface area contributed by atoms with Crippen LogP contribution in [0.1, 0.15) is 22.9 Å². The molecular weight excluding hydrogens is 344 g/mol. The summed E-state index contributed by atoms with van der Waals surface area (Å²) in [5, 5.41) is 4.55. The molecule has 0 saturated heterocycles. The van der Waals surface area contributed by atoms with E-state index in [1.54, 1.807) is 14.2 Å². The quantitative estimate of drug-likeness (QED) is 0.695. The van der Waals surface area contributed by atoms with Gasteiger partial charge in [-0.25, -0.2) is 0 Å². The smallest absolute Gasteiger partial charge is 0.323 e. The van der Waals surface area contributed by atoms with E-state index in [1.807, 2.05) is 36.4 Å². The number of para-hydroxylation sites is 1. The summed E-state index contributed by atoms with van der Waals surface area (Å²) in [5.74, 6) is 1.12. The number of fused-ring (bicyclic) bond motifs is 3. The number of hydrogen-bond donors (Lipinski definition) is 2. The van der Waals surface area contributed by atoms with E-state index >= 15 is 0 Å². The van der Waals surface area contributed by atoms with Gasteiger partial charge in [0.05, 0.1) is 27.4 Å². The van der Waals surface area contributed by atoms with Crippen LogP contribution < -0.4 is 14.8 Å². The summed E-state index contributed by atoms with van der Waals surface area (Å²) < 4.78 is 15.8. The molecular formula is C21H22N2O4. The van der Waals surface area contributed by atoms with Crippen LogP contribution in [0.3, 0.4) is 0 Å². The van der Waals surface area contributed by atoms with Crippen molar-refractivity contribution >= 4 is 16.9 Å². The van der Waals surface area contributed by atoms with Crippen molar-refractivity contribution < 1.29 is 19.0 Å². The maximum Gasteiger partial charge on any atom is 0.323 e. The zero-order chi connectivity index (χ0) is 19.0. The van der Waals surface area contributed by atoms with Crippen molar-refractivity contribution in [2.45, 2.75) is 18.5 Å². The van der Waals surface area contributed by atoms with Crippen LogP contribution in [-0.4, -0.2) is 38.3 Å². The van der Waals surface area contributed by atoms with E-state index in [0.717, 1.165) is 27.7 Å². The van der Waals surface area contributed by atoms with Crippen molar-refractivity contribution in [2.24, 2.45) is 0 Å². The Hall–Kier alpha value is -2.99. The number of esters is 1. The molecule has 27 heavy (non-hydrogen) atoms. The molecule has 2 atom stereocenters. The fourth-order valence-electron chi connectivity index (χ4n) is 3.79. The Morgan fingerprint density at radius 3 is 2.41 bits per heavy atom. The Morgan fingerprint density at radius 1 is 1.04 bits per heavy atom. The summed E-state index contributed by atoms with van der Waals surface area (Å²) in [6.07, 6.45) is 0.573. The van der Waals surface area contributed by atoms with E-state index in [-0.39, 0.29) is 12.0 Å². The van der Waals surface area contributed by atoms with Gasteiger partial charge >= 0.3 is 5.97 Å². The molecule has 2 heterocycles. The molecule has 0 aliphatic carbocycles. The van der Waals surface area contributed by atoms with Gasteiger partial charge in [0.2, 0.25) is 0 Å². The minimum Gasteiger partial charge on any atom is -0.497 e. The van der Waals surface area contributed by atoms with Gasteiger partial charge in [-0.1, -0.05) is 18.2 Å². The summed E-state index contributed by atoms with van der Waals surface area (Å²) in [6, 6.07) is 13.2. The van der Waals surface area contributed by atoms with E-state index in [4.69, 9.17) is 14.2 Å². The standard InChI is InChI=1S/C21H22N2O4/c1-25-13-8-12(9-14(10-13)26-2)19-20-16(11-18(23-19)21(24)27-3)15-6-4-5-7-17(15)22-20/h4-10,18-19,22-23H,11H2,1-3H3/t18-,19-/m1/s1. The second-order valence-corrected chi connectivity index (χ2v) is 6.59. The van der Waals surface area contributed by atoms with Crippen LogP contribution in [0.2, 0.25) is 0 Å². The van der Waals surface area contributed by atoms with Gasteiger partial charge in [0.25, 0.3) is 0 Å². The van der Waals surface area contributed by atoms with Crippen LogP contribution in [0, 0.1) is 0 Å². The second-order valence-electron chi connectivity index (χ2n) is 6.59. The summed E-state index contributed by atoms with van der Waals surface area (Å²) in [6.45, 7) is 0.